The number of carboxylic acids is 1. The molecule has 4 nitrogen and oxygen atoms in total. The van der Waals surface area contributed by atoms with Crippen LogP contribution < -0.4 is 0 Å². The van der Waals surface area contributed by atoms with Crippen molar-refractivity contribution in [3.8, 4) is 0 Å². The number of nitrogens with zero attached hydrogens (tertiary/aromatic N) is 1. The van der Waals surface area contributed by atoms with E-state index in [4.69, 9.17) is 5.11 Å². The molecule has 3 atom stereocenters. The van der Waals surface area contributed by atoms with Crippen LogP contribution in [0.5, 0.6) is 0 Å². The molecule has 0 heterocycles. The standard InChI is InChI=1S/C12H23NO3/c1-3-13(9(2)8-12(15)16)10-6-4-5-7-11(10)14/h9-11,14H,3-8H2,1-2H3,(H,15,16). The van der Waals surface area contributed by atoms with Gasteiger partial charge in [0.25, 0.3) is 0 Å². The molecule has 0 aromatic carbocycles. The van der Waals surface area contributed by atoms with Gasteiger partial charge in [0.1, 0.15) is 0 Å². The Bertz CT molecular complexity index is 232. The van der Waals surface area contributed by atoms with E-state index in [0.717, 1.165) is 32.2 Å². The Labute approximate surface area is 97.3 Å². The summed E-state index contributed by atoms with van der Waals surface area (Å²) < 4.78 is 0. The van der Waals surface area contributed by atoms with E-state index in [2.05, 4.69) is 4.90 Å². The maximum absolute atomic E-state index is 10.7. The van der Waals surface area contributed by atoms with Crippen LogP contribution >= 0.6 is 0 Å². The van der Waals surface area contributed by atoms with Gasteiger partial charge in [0.15, 0.2) is 0 Å². The van der Waals surface area contributed by atoms with Gasteiger partial charge in [-0.2, -0.15) is 0 Å². The van der Waals surface area contributed by atoms with Crippen molar-refractivity contribution in [1.29, 1.82) is 0 Å². The number of rotatable bonds is 5. The third kappa shape index (κ3) is 3.46. The zero-order chi connectivity index (χ0) is 12.1. The summed E-state index contributed by atoms with van der Waals surface area (Å²) in [5.74, 6) is -0.767. The fraction of sp³-hybridized carbons (Fsp3) is 0.917. The summed E-state index contributed by atoms with van der Waals surface area (Å²) in [7, 11) is 0. The average Bonchev–Trinajstić information content (AvgIpc) is 2.20. The predicted molar refractivity (Wildman–Crippen MR) is 62.4 cm³/mol. The van der Waals surface area contributed by atoms with Crippen molar-refractivity contribution in [1.82, 2.24) is 4.90 Å². The minimum atomic E-state index is -0.767. The third-order valence-electron chi connectivity index (χ3n) is 3.52. The van der Waals surface area contributed by atoms with Crippen molar-refractivity contribution in [2.75, 3.05) is 6.54 Å². The molecule has 0 spiro atoms. The van der Waals surface area contributed by atoms with Crippen LogP contribution in [0.15, 0.2) is 0 Å². The quantitative estimate of drug-likeness (QED) is 0.749. The average molecular weight is 229 g/mol. The summed E-state index contributed by atoms with van der Waals surface area (Å²) in [5, 5.41) is 18.8. The molecule has 0 aromatic rings. The van der Waals surface area contributed by atoms with Gasteiger partial charge in [0, 0.05) is 12.1 Å². The van der Waals surface area contributed by atoms with Gasteiger partial charge in [-0.05, 0) is 26.3 Å². The highest BCUT2D eigenvalue weighted by Gasteiger charge is 2.31. The molecule has 0 radical (unpaired) electrons. The molecule has 0 aliphatic heterocycles. The fourth-order valence-electron chi connectivity index (χ4n) is 2.72. The van der Waals surface area contributed by atoms with Crippen LogP contribution in [-0.2, 0) is 4.79 Å². The van der Waals surface area contributed by atoms with Crippen LogP contribution in [0.3, 0.4) is 0 Å². The molecule has 1 aliphatic rings. The van der Waals surface area contributed by atoms with Gasteiger partial charge >= 0.3 is 5.97 Å². The molecule has 1 saturated carbocycles. The number of carbonyl (C=O) groups is 1. The number of aliphatic hydroxyl groups is 1. The SMILES string of the molecule is CCN(C(C)CC(=O)O)C1CCCCC1O. The van der Waals surface area contributed by atoms with Gasteiger partial charge in [-0.3, -0.25) is 9.69 Å². The van der Waals surface area contributed by atoms with Crippen LogP contribution in [0.25, 0.3) is 0 Å². The van der Waals surface area contributed by atoms with Gasteiger partial charge in [-0.15, -0.1) is 0 Å². The van der Waals surface area contributed by atoms with E-state index in [1.165, 1.54) is 0 Å². The molecule has 2 N–H and O–H groups in total. The first-order valence-corrected chi connectivity index (χ1v) is 6.21. The monoisotopic (exact) mass is 229 g/mol. The minimum absolute atomic E-state index is 0.000231. The number of hydrogen-bond acceptors (Lipinski definition) is 3. The second-order valence-electron chi connectivity index (χ2n) is 4.70. The van der Waals surface area contributed by atoms with Crippen molar-refractivity contribution >= 4 is 5.97 Å². The largest absolute Gasteiger partial charge is 0.481 e. The van der Waals surface area contributed by atoms with Crippen LogP contribution in [0.2, 0.25) is 0 Å². The van der Waals surface area contributed by atoms with Crippen LogP contribution in [0.1, 0.15) is 46.0 Å². The van der Waals surface area contributed by atoms with E-state index in [1.807, 2.05) is 13.8 Å². The predicted octanol–water partition coefficient (Wildman–Crippen LogP) is 1.47. The normalized spacial score (nSPS) is 28.0. The highest BCUT2D eigenvalue weighted by Crippen LogP contribution is 2.25. The number of aliphatic hydroxyl groups excluding tert-OH is 1. The summed E-state index contributed by atoms with van der Waals surface area (Å²) in [4.78, 5) is 12.8. The van der Waals surface area contributed by atoms with E-state index in [0.29, 0.717) is 0 Å². The van der Waals surface area contributed by atoms with Gasteiger partial charge in [0.2, 0.25) is 0 Å². The minimum Gasteiger partial charge on any atom is -0.481 e. The van der Waals surface area contributed by atoms with Crippen molar-refractivity contribution < 1.29 is 15.0 Å². The third-order valence-corrected chi connectivity index (χ3v) is 3.52. The summed E-state index contributed by atoms with van der Waals surface area (Å²) >= 11 is 0. The van der Waals surface area contributed by atoms with E-state index in [9.17, 15) is 9.90 Å². The zero-order valence-electron chi connectivity index (χ0n) is 10.2. The van der Waals surface area contributed by atoms with E-state index >= 15 is 0 Å². The molecule has 94 valence electrons. The van der Waals surface area contributed by atoms with E-state index in [-0.39, 0.29) is 24.6 Å². The molecule has 0 amide bonds. The van der Waals surface area contributed by atoms with Crippen molar-refractivity contribution in [3.05, 3.63) is 0 Å². The van der Waals surface area contributed by atoms with Gasteiger partial charge in [-0.1, -0.05) is 19.8 Å². The first-order chi connectivity index (χ1) is 7.56. The smallest absolute Gasteiger partial charge is 0.304 e. The Morgan fingerprint density at radius 2 is 2.06 bits per heavy atom. The Morgan fingerprint density at radius 3 is 2.56 bits per heavy atom. The summed E-state index contributed by atoms with van der Waals surface area (Å²) in [5.41, 5.74) is 0. The summed E-state index contributed by atoms with van der Waals surface area (Å²) in [6.07, 6.45) is 3.92. The molecular formula is C12H23NO3. The van der Waals surface area contributed by atoms with E-state index < -0.39 is 5.97 Å². The Balaban J connectivity index is 2.60. The number of carboxylic acid groups (broad SMARTS) is 1. The lowest BCUT2D eigenvalue weighted by Gasteiger charge is -2.40. The maximum Gasteiger partial charge on any atom is 0.304 e. The summed E-state index contributed by atoms with van der Waals surface area (Å²) in [6.45, 7) is 4.76. The lowest BCUT2D eigenvalue weighted by Crippen LogP contribution is -2.49. The molecule has 0 saturated heterocycles. The highest BCUT2D eigenvalue weighted by atomic mass is 16.4. The second-order valence-corrected chi connectivity index (χ2v) is 4.70. The number of hydrogen-bond donors (Lipinski definition) is 2. The zero-order valence-corrected chi connectivity index (χ0v) is 10.2. The lowest BCUT2D eigenvalue weighted by atomic mass is 9.90. The Kier molecular flexibility index (Phi) is 5.22. The Hall–Kier alpha value is -0.610. The van der Waals surface area contributed by atoms with Crippen LogP contribution in [0.4, 0.5) is 0 Å². The van der Waals surface area contributed by atoms with Crippen molar-refractivity contribution in [2.24, 2.45) is 0 Å². The molecule has 1 aliphatic carbocycles. The molecule has 0 aromatic heterocycles. The molecule has 4 heteroatoms. The second kappa shape index (κ2) is 6.21. The molecule has 3 unspecified atom stereocenters. The fourth-order valence-corrected chi connectivity index (χ4v) is 2.72. The molecule has 0 bridgehead atoms. The van der Waals surface area contributed by atoms with Crippen molar-refractivity contribution in [3.63, 3.8) is 0 Å². The first kappa shape index (κ1) is 13.5. The van der Waals surface area contributed by atoms with Crippen LogP contribution in [0, 0.1) is 0 Å². The molecule has 1 fully saturated rings. The maximum atomic E-state index is 10.7. The molecule has 1 rings (SSSR count). The summed E-state index contributed by atoms with van der Waals surface area (Å²) in [6, 6.07) is 0.147. The van der Waals surface area contributed by atoms with E-state index in [1.54, 1.807) is 0 Å². The number of likely N-dealkylation sites (N-methyl/N-ethyl adjacent to an activating group) is 1. The molecular weight excluding hydrogens is 206 g/mol. The molecule has 16 heavy (non-hydrogen) atoms. The Morgan fingerprint density at radius 1 is 1.44 bits per heavy atom. The first-order valence-electron chi connectivity index (χ1n) is 6.21. The topological polar surface area (TPSA) is 60.8 Å². The van der Waals surface area contributed by atoms with Gasteiger partial charge in [-0.25, -0.2) is 0 Å². The van der Waals surface area contributed by atoms with Crippen LogP contribution in [-0.4, -0.2) is 45.8 Å². The number of aliphatic carboxylic acids is 1. The lowest BCUT2D eigenvalue weighted by molar-refractivity contribution is -0.138. The van der Waals surface area contributed by atoms with Gasteiger partial charge in [0.05, 0.1) is 12.5 Å². The van der Waals surface area contributed by atoms with Gasteiger partial charge < -0.3 is 10.2 Å². The van der Waals surface area contributed by atoms with Crippen molar-refractivity contribution in [2.45, 2.75) is 64.1 Å². The highest BCUT2D eigenvalue weighted by molar-refractivity contribution is 5.67.